The molecular formula is C18H27ClN4O3. The van der Waals surface area contributed by atoms with Crippen LogP contribution in [0.15, 0.2) is 30.5 Å². The van der Waals surface area contributed by atoms with Crippen LogP contribution >= 0.6 is 12.4 Å². The van der Waals surface area contributed by atoms with Crippen molar-refractivity contribution < 1.29 is 14.3 Å². The first-order valence-electron chi connectivity index (χ1n) is 8.42. The molecule has 0 fully saturated rings. The summed E-state index contributed by atoms with van der Waals surface area (Å²) >= 11 is 0. The van der Waals surface area contributed by atoms with Gasteiger partial charge in [-0.2, -0.15) is 0 Å². The van der Waals surface area contributed by atoms with Crippen molar-refractivity contribution in [3.63, 3.8) is 0 Å². The zero-order valence-electron chi connectivity index (χ0n) is 15.4. The normalized spacial score (nSPS) is 11.7. The van der Waals surface area contributed by atoms with Gasteiger partial charge >= 0.3 is 0 Å². The number of ether oxygens (including phenoxy) is 1. The summed E-state index contributed by atoms with van der Waals surface area (Å²) in [5.74, 6) is -0.206. The third-order valence-electron chi connectivity index (χ3n) is 4.14. The number of aromatic nitrogens is 1. The topological polar surface area (TPSA) is 89.6 Å². The van der Waals surface area contributed by atoms with E-state index in [2.05, 4.69) is 5.32 Å². The number of halogens is 1. The van der Waals surface area contributed by atoms with Crippen molar-refractivity contribution >= 4 is 40.8 Å². The average Bonchev–Trinajstić information content (AvgIpc) is 2.98. The fourth-order valence-corrected chi connectivity index (χ4v) is 2.73. The molecule has 8 heteroatoms. The summed E-state index contributed by atoms with van der Waals surface area (Å²) in [6, 6.07) is 6.78. The summed E-state index contributed by atoms with van der Waals surface area (Å²) in [5.41, 5.74) is 7.33. The first-order valence-corrected chi connectivity index (χ1v) is 8.42. The minimum Gasteiger partial charge on any atom is -0.383 e. The van der Waals surface area contributed by atoms with Crippen LogP contribution in [-0.4, -0.2) is 54.1 Å². The Bertz CT molecular complexity index is 743. The molecule has 2 rings (SSSR count). The molecule has 2 amide bonds. The predicted molar refractivity (Wildman–Crippen MR) is 106 cm³/mol. The van der Waals surface area contributed by atoms with Crippen LogP contribution in [0.2, 0.25) is 0 Å². The van der Waals surface area contributed by atoms with Gasteiger partial charge in [0.15, 0.2) is 0 Å². The number of likely N-dealkylation sites (N-methyl/N-ethyl adjacent to an activating group) is 1. The highest BCUT2D eigenvalue weighted by Crippen LogP contribution is 2.21. The van der Waals surface area contributed by atoms with Crippen LogP contribution in [0.5, 0.6) is 0 Å². The number of fused-ring (bicyclic) bond motifs is 1. The summed E-state index contributed by atoms with van der Waals surface area (Å²) in [4.78, 5) is 26.0. The number of anilines is 1. The number of nitrogens with two attached hydrogens (primary N) is 1. The SMILES string of the molecule is CCN(CC)C(=O)Cn1ccc2cc(NC(=O)C(N)COC)ccc21.Cl. The van der Waals surface area contributed by atoms with Gasteiger partial charge in [-0.25, -0.2) is 0 Å². The van der Waals surface area contributed by atoms with Gasteiger partial charge in [-0.15, -0.1) is 12.4 Å². The number of amides is 2. The number of methoxy groups -OCH3 is 1. The summed E-state index contributed by atoms with van der Waals surface area (Å²) in [7, 11) is 1.50. The molecule has 0 aliphatic carbocycles. The summed E-state index contributed by atoms with van der Waals surface area (Å²) in [5, 5.41) is 3.73. The molecule has 26 heavy (non-hydrogen) atoms. The van der Waals surface area contributed by atoms with E-state index < -0.39 is 6.04 Å². The maximum Gasteiger partial charge on any atom is 0.243 e. The largest absolute Gasteiger partial charge is 0.383 e. The van der Waals surface area contributed by atoms with Gasteiger partial charge in [0.05, 0.1) is 6.61 Å². The van der Waals surface area contributed by atoms with Crippen LogP contribution in [0.3, 0.4) is 0 Å². The molecule has 3 N–H and O–H groups in total. The van der Waals surface area contributed by atoms with Crippen LogP contribution in [0.1, 0.15) is 13.8 Å². The molecule has 0 saturated carbocycles. The minimum absolute atomic E-state index is 0. The quantitative estimate of drug-likeness (QED) is 0.729. The lowest BCUT2D eigenvalue weighted by molar-refractivity contribution is -0.131. The van der Waals surface area contributed by atoms with Crippen molar-refractivity contribution in [2.24, 2.45) is 5.73 Å². The molecule has 0 bridgehead atoms. The Morgan fingerprint density at radius 3 is 2.58 bits per heavy atom. The number of nitrogens with zero attached hydrogens (tertiary/aromatic N) is 2. The van der Waals surface area contributed by atoms with Gasteiger partial charge in [-0.1, -0.05) is 0 Å². The van der Waals surface area contributed by atoms with Crippen LogP contribution < -0.4 is 11.1 Å². The van der Waals surface area contributed by atoms with E-state index >= 15 is 0 Å². The molecule has 1 heterocycles. The number of benzene rings is 1. The number of carbonyl (C=O) groups excluding carboxylic acids is 2. The second-order valence-electron chi connectivity index (χ2n) is 5.83. The molecule has 0 spiro atoms. The van der Waals surface area contributed by atoms with E-state index in [-0.39, 0.29) is 30.8 Å². The molecule has 0 aliphatic rings. The van der Waals surface area contributed by atoms with Crippen molar-refractivity contribution in [2.75, 3.05) is 32.1 Å². The van der Waals surface area contributed by atoms with Crippen molar-refractivity contribution in [3.8, 4) is 0 Å². The van der Waals surface area contributed by atoms with Gasteiger partial charge in [0, 0.05) is 43.0 Å². The molecule has 7 nitrogen and oxygen atoms in total. The lowest BCUT2D eigenvalue weighted by Crippen LogP contribution is -2.39. The van der Waals surface area contributed by atoms with E-state index in [1.807, 2.05) is 42.8 Å². The molecule has 144 valence electrons. The van der Waals surface area contributed by atoms with Gasteiger partial charge in [-0.3, -0.25) is 9.59 Å². The number of rotatable bonds is 8. The third-order valence-corrected chi connectivity index (χ3v) is 4.14. The van der Waals surface area contributed by atoms with Crippen molar-refractivity contribution in [2.45, 2.75) is 26.4 Å². The van der Waals surface area contributed by atoms with E-state index in [1.54, 1.807) is 11.0 Å². The number of carbonyl (C=O) groups is 2. The predicted octanol–water partition coefficient (Wildman–Crippen LogP) is 1.84. The van der Waals surface area contributed by atoms with E-state index in [4.69, 9.17) is 10.5 Å². The fourth-order valence-electron chi connectivity index (χ4n) is 2.73. The highest BCUT2D eigenvalue weighted by atomic mass is 35.5. The van der Waals surface area contributed by atoms with Gasteiger partial charge in [-0.05, 0) is 38.1 Å². The van der Waals surface area contributed by atoms with Gasteiger partial charge < -0.3 is 25.3 Å². The van der Waals surface area contributed by atoms with E-state index in [1.165, 1.54) is 7.11 Å². The van der Waals surface area contributed by atoms with Crippen LogP contribution in [0.4, 0.5) is 5.69 Å². The second-order valence-corrected chi connectivity index (χ2v) is 5.83. The monoisotopic (exact) mass is 382 g/mol. The number of nitrogens with one attached hydrogen (secondary N) is 1. The van der Waals surface area contributed by atoms with Crippen molar-refractivity contribution in [1.82, 2.24) is 9.47 Å². The van der Waals surface area contributed by atoms with E-state index in [9.17, 15) is 9.59 Å². The molecule has 1 aromatic carbocycles. The highest BCUT2D eigenvalue weighted by molar-refractivity contribution is 5.97. The summed E-state index contributed by atoms with van der Waals surface area (Å²) < 4.78 is 6.80. The maximum absolute atomic E-state index is 12.3. The molecule has 0 aliphatic heterocycles. The Balaban J connectivity index is 0.00000338. The molecule has 1 atom stereocenters. The third kappa shape index (κ3) is 5.20. The Labute approximate surface area is 159 Å². The molecular weight excluding hydrogens is 356 g/mol. The Morgan fingerprint density at radius 2 is 1.96 bits per heavy atom. The molecule has 0 saturated heterocycles. The maximum atomic E-state index is 12.3. The second kappa shape index (κ2) is 10.2. The standard InChI is InChI=1S/C18H26N4O3.ClH/c1-4-21(5-2)17(23)11-22-9-8-13-10-14(6-7-16(13)22)20-18(24)15(19)12-25-3;/h6-10,15H,4-5,11-12,19H2,1-3H3,(H,20,24);1H. The summed E-state index contributed by atoms with van der Waals surface area (Å²) in [6.45, 7) is 5.81. The average molecular weight is 383 g/mol. The minimum atomic E-state index is -0.711. The molecule has 1 unspecified atom stereocenters. The lowest BCUT2D eigenvalue weighted by atomic mass is 10.2. The van der Waals surface area contributed by atoms with Gasteiger partial charge in [0.2, 0.25) is 11.8 Å². The van der Waals surface area contributed by atoms with E-state index in [0.29, 0.717) is 25.3 Å². The molecule has 1 aromatic heterocycles. The van der Waals surface area contributed by atoms with Gasteiger partial charge in [0.1, 0.15) is 12.6 Å². The smallest absolute Gasteiger partial charge is 0.243 e. The molecule has 2 aromatic rings. The van der Waals surface area contributed by atoms with Crippen LogP contribution in [0.25, 0.3) is 10.9 Å². The molecule has 0 radical (unpaired) electrons. The fraction of sp³-hybridized carbons (Fsp3) is 0.444. The highest BCUT2D eigenvalue weighted by Gasteiger charge is 2.14. The Kier molecular flexibility index (Phi) is 8.57. The Hall–Kier alpha value is -2.09. The van der Waals surface area contributed by atoms with Crippen LogP contribution in [0, 0.1) is 0 Å². The Morgan fingerprint density at radius 1 is 1.27 bits per heavy atom. The first kappa shape index (κ1) is 22.0. The zero-order chi connectivity index (χ0) is 18.4. The van der Waals surface area contributed by atoms with E-state index in [0.717, 1.165) is 10.9 Å². The van der Waals surface area contributed by atoms with Crippen LogP contribution in [-0.2, 0) is 20.9 Å². The number of hydrogen-bond donors (Lipinski definition) is 2. The number of hydrogen-bond acceptors (Lipinski definition) is 4. The van der Waals surface area contributed by atoms with Crippen molar-refractivity contribution in [3.05, 3.63) is 30.5 Å². The zero-order valence-corrected chi connectivity index (χ0v) is 16.2. The first-order chi connectivity index (χ1) is 12.0. The lowest BCUT2D eigenvalue weighted by Gasteiger charge is -2.19. The van der Waals surface area contributed by atoms with Crippen molar-refractivity contribution in [1.29, 1.82) is 0 Å². The van der Waals surface area contributed by atoms with Gasteiger partial charge in [0.25, 0.3) is 0 Å². The summed E-state index contributed by atoms with van der Waals surface area (Å²) in [6.07, 6.45) is 1.88.